The number of anilines is 1. The lowest BCUT2D eigenvalue weighted by atomic mass is 10.2. The average Bonchev–Trinajstić information content (AvgIpc) is 2.84. The summed E-state index contributed by atoms with van der Waals surface area (Å²) >= 11 is 0. The number of rotatable bonds is 6. The van der Waals surface area contributed by atoms with Crippen LogP contribution in [0.4, 0.5) is 5.69 Å². The molecule has 1 aromatic carbocycles. The Morgan fingerprint density at radius 1 is 1.33 bits per heavy atom. The number of aromatic nitrogens is 2. The lowest BCUT2D eigenvalue weighted by Crippen LogP contribution is -2.15. The van der Waals surface area contributed by atoms with Crippen LogP contribution in [-0.4, -0.2) is 18.2 Å². The molecule has 0 fully saturated rings. The summed E-state index contributed by atoms with van der Waals surface area (Å²) in [7, 11) is -3.70. The summed E-state index contributed by atoms with van der Waals surface area (Å²) in [6.45, 7) is 5.28. The van der Waals surface area contributed by atoms with Crippen molar-refractivity contribution in [3.8, 4) is 0 Å². The van der Waals surface area contributed by atoms with Crippen LogP contribution in [0.15, 0.2) is 35.4 Å². The normalized spacial score (nSPS) is 11.6. The number of primary sulfonamides is 1. The first-order chi connectivity index (χ1) is 9.93. The maximum absolute atomic E-state index is 11.5. The molecule has 7 heteroatoms. The molecule has 6 nitrogen and oxygen atoms in total. The van der Waals surface area contributed by atoms with E-state index in [1.165, 1.54) is 6.07 Å². The zero-order chi connectivity index (χ0) is 15.5. The number of nitrogens with one attached hydrogen (secondary N) is 1. The van der Waals surface area contributed by atoms with E-state index in [1.54, 1.807) is 19.2 Å². The molecule has 3 N–H and O–H groups in total. The maximum Gasteiger partial charge on any atom is 0.238 e. The molecule has 0 saturated carbocycles. The van der Waals surface area contributed by atoms with Crippen LogP contribution < -0.4 is 10.5 Å². The fraction of sp³-hybridized carbons (Fsp3) is 0.357. The second kappa shape index (κ2) is 6.28. The van der Waals surface area contributed by atoms with Crippen LogP contribution in [0.3, 0.4) is 0 Å². The first-order valence-corrected chi connectivity index (χ1v) is 8.35. The molecule has 0 amide bonds. The van der Waals surface area contributed by atoms with E-state index in [2.05, 4.69) is 17.3 Å². The third-order valence-corrected chi connectivity index (χ3v) is 4.35. The zero-order valence-electron chi connectivity index (χ0n) is 12.2. The third kappa shape index (κ3) is 3.62. The quantitative estimate of drug-likeness (QED) is 0.852. The number of hydrogen-bond donors (Lipinski definition) is 2. The topological polar surface area (TPSA) is 90.0 Å². The van der Waals surface area contributed by atoms with Crippen molar-refractivity contribution in [2.45, 2.75) is 38.3 Å². The molecule has 21 heavy (non-hydrogen) atoms. The number of hydrogen-bond acceptors (Lipinski definition) is 4. The number of benzene rings is 1. The van der Waals surface area contributed by atoms with E-state index in [1.807, 2.05) is 16.8 Å². The summed E-state index contributed by atoms with van der Waals surface area (Å²) in [5.41, 5.74) is 2.43. The zero-order valence-corrected chi connectivity index (χ0v) is 13.0. The molecule has 1 heterocycles. The molecule has 0 atom stereocenters. The predicted octanol–water partition coefficient (Wildman–Crippen LogP) is 1.86. The Labute approximate surface area is 125 Å². The van der Waals surface area contributed by atoms with Crippen LogP contribution >= 0.6 is 0 Å². The van der Waals surface area contributed by atoms with Crippen molar-refractivity contribution in [2.75, 3.05) is 5.32 Å². The molecule has 0 radical (unpaired) electrons. The van der Waals surface area contributed by atoms with Gasteiger partial charge in [-0.2, -0.15) is 5.10 Å². The molecule has 0 aliphatic heterocycles. The van der Waals surface area contributed by atoms with E-state index in [4.69, 9.17) is 5.14 Å². The number of aryl methyl sites for hydroxylation is 1. The van der Waals surface area contributed by atoms with Crippen LogP contribution in [0.1, 0.15) is 24.6 Å². The molecule has 0 aliphatic rings. The SMILES string of the molecule is CCCn1nccc1CNc1cccc(S(N)(=O)=O)c1C. The molecule has 0 bridgehead atoms. The van der Waals surface area contributed by atoms with Crippen molar-refractivity contribution in [2.24, 2.45) is 5.14 Å². The summed E-state index contributed by atoms with van der Waals surface area (Å²) in [6.07, 6.45) is 2.77. The third-order valence-electron chi connectivity index (χ3n) is 3.29. The highest BCUT2D eigenvalue weighted by atomic mass is 32.2. The fourth-order valence-electron chi connectivity index (χ4n) is 2.22. The van der Waals surface area contributed by atoms with Gasteiger partial charge in [0, 0.05) is 18.4 Å². The first-order valence-electron chi connectivity index (χ1n) is 6.80. The number of nitrogens with two attached hydrogens (primary N) is 1. The summed E-state index contributed by atoms with van der Waals surface area (Å²) in [5, 5.41) is 12.7. The van der Waals surface area contributed by atoms with Crippen molar-refractivity contribution in [3.05, 3.63) is 41.7 Å². The predicted molar refractivity (Wildman–Crippen MR) is 82.4 cm³/mol. The standard InChI is InChI=1S/C14H20N4O2S/c1-3-9-18-12(7-8-17-18)10-16-13-5-4-6-14(11(13)2)21(15,19)20/h4-8,16H,3,9-10H2,1-2H3,(H2,15,19,20). The van der Waals surface area contributed by atoms with Crippen LogP contribution in [0.25, 0.3) is 0 Å². The maximum atomic E-state index is 11.5. The molecule has 0 aliphatic carbocycles. The van der Waals surface area contributed by atoms with Gasteiger partial charge in [0.05, 0.1) is 17.1 Å². The molecule has 2 aromatic rings. The Bertz CT molecular complexity index is 722. The molecule has 0 saturated heterocycles. The summed E-state index contributed by atoms with van der Waals surface area (Å²) in [5.74, 6) is 0. The Kier molecular flexibility index (Phi) is 4.64. The van der Waals surface area contributed by atoms with E-state index in [9.17, 15) is 8.42 Å². The smallest absolute Gasteiger partial charge is 0.238 e. The van der Waals surface area contributed by atoms with Crippen molar-refractivity contribution in [1.82, 2.24) is 9.78 Å². The second-order valence-electron chi connectivity index (χ2n) is 4.87. The molecule has 1 aromatic heterocycles. The van der Waals surface area contributed by atoms with Gasteiger partial charge in [-0.3, -0.25) is 4.68 Å². The lowest BCUT2D eigenvalue weighted by molar-refractivity contribution is 0.578. The fourth-order valence-corrected chi connectivity index (χ4v) is 3.03. The van der Waals surface area contributed by atoms with Crippen LogP contribution in [0.5, 0.6) is 0 Å². The van der Waals surface area contributed by atoms with Crippen molar-refractivity contribution in [1.29, 1.82) is 0 Å². The van der Waals surface area contributed by atoms with E-state index < -0.39 is 10.0 Å². The minimum Gasteiger partial charge on any atom is -0.379 e. The van der Waals surface area contributed by atoms with Crippen molar-refractivity contribution < 1.29 is 8.42 Å². The van der Waals surface area contributed by atoms with Gasteiger partial charge < -0.3 is 5.32 Å². The summed E-state index contributed by atoms with van der Waals surface area (Å²) in [6, 6.07) is 6.97. The minimum atomic E-state index is -3.70. The Hall–Kier alpha value is -1.86. The van der Waals surface area contributed by atoms with Gasteiger partial charge in [-0.15, -0.1) is 0 Å². The molecule has 114 valence electrons. The van der Waals surface area contributed by atoms with Crippen molar-refractivity contribution in [3.63, 3.8) is 0 Å². The van der Waals surface area contributed by atoms with E-state index in [0.717, 1.165) is 24.3 Å². The van der Waals surface area contributed by atoms with Gasteiger partial charge in [0.1, 0.15) is 0 Å². The Morgan fingerprint density at radius 3 is 2.76 bits per heavy atom. The molecule has 0 spiro atoms. The van der Waals surface area contributed by atoms with E-state index in [0.29, 0.717) is 12.1 Å². The second-order valence-corrected chi connectivity index (χ2v) is 6.40. The summed E-state index contributed by atoms with van der Waals surface area (Å²) in [4.78, 5) is 0.148. The summed E-state index contributed by atoms with van der Waals surface area (Å²) < 4.78 is 25.0. The highest BCUT2D eigenvalue weighted by Crippen LogP contribution is 2.22. The van der Waals surface area contributed by atoms with Gasteiger partial charge in [-0.1, -0.05) is 13.0 Å². The number of nitrogens with zero attached hydrogens (tertiary/aromatic N) is 2. The Balaban J connectivity index is 2.19. The highest BCUT2D eigenvalue weighted by molar-refractivity contribution is 7.89. The monoisotopic (exact) mass is 308 g/mol. The minimum absolute atomic E-state index is 0.148. The van der Waals surface area contributed by atoms with Gasteiger partial charge in [0.25, 0.3) is 0 Å². The van der Waals surface area contributed by atoms with Crippen molar-refractivity contribution >= 4 is 15.7 Å². The molecule has 2 rings (SSSR count). The van der Waals surface area contributed by atoms with Crippen LogP contribution in [-0.2, 0) is 23.1 Å². The lowest BCUT2D eigenvalue weighted by Gasteiger charge is -2.13. The highest BCUT2D eigenvalue weighted by Gasteiger charge is 2.13. The van der Waals surface area contributed by atoms with Gasteiger partial charge in [-0.25, -0.2) is 13.6 Å². The van der Waals surface area contributed by atoms with E-state index >= 15 is 0 Å². The van der Waals surface area contributed by atoms with Crippen LogP contribution in [0.2, 0.25) is 0 Å². The van der Waals surface area contributed by atoms with E-state index in [-0.39, 0.29) is 4.90 Å². The van der Waals surface area contributed by atoms with Gasteiger partial charge >= 0.3 is 0 Å². The Morgan fingerprint density at radius 2 is 2.10 bits per heavy atom. The molecular formula is C14H20N4O2S. The first kappa shape index (κ1) is 15.5. The average molecular weight is 308 g/mol. The van der Waals surface area contributed by atoms with Gasteiger partial charge in [0.2, 0.25) is 10.0 Å². The largest absolute Gasteiger partial charge is 0.379 e. The van der Waals surface area contributed by atoms with Crippen LogP contribution in [0, 0.1) is 6.92 Å². The van der Waals surface area contributed by atoms with Gasteiger partial charge in [-0.05, 0) is 37.1 Å². The molecule has 0 unspecified atom stereocenters. The molecular weight excluding hydrogens is 288 g/mol. The van der Waals surface area contributed by atoms with Gasteiger partial charge in [0.15, 0.2) is 0 Å². The number of sulfonamides is 1.